The lowest BCUT2D eigenvalue weighted by molar-refractivity contribution is -0.140. The predicted molar refractivity (Wildman–Crippen MR) is 165 cm³/mol. The summed E-state index contributed by atoms with van der Waals surface area (Å²) in [5.74, 6) is -1.52. The molecule has 0 heterocycles. The highest BCUT2D eigenvalue weighted by Gasteiger charge is 2.34. The van der Waals surface area contributed by atoms with Crippen molar-refractivity contribution in [2.24, 2.45) is 0 Å². The fourth-order valence-corrected chi connectivity index (χ4v) is 6.54. The van der Waals surface area contributed by atoms with Crippen LogP contribution < -0.4 is 9.62 Å². The van der Waals surface area contributed by atoms with Crippen molar-refractivity contribution in [3.05, 3.63) is 99.8 Å². The number of benzene rings is 3. The molecule has 1 N–H and O–H groups in total. The van der Waals surface area contributed by atoms with Crippen LogP contribution in [-0.4, -0.2) is 50.0 Å². The molecule has 0 saturated heterocycles. The molecule has 1 unspecified atom stereocenters. The molecule has 1 saturated carbocycles. The average molecular weight is 635 g/mol. The van der Waals surface area contributed by atoms with E-state index in [-0.39, 0.29) is 30.6 Å². The third kappa shape index (κ3) is 8.46. The van der Waals surface area contributed by atoms with E-state index in [1.165, 1.54) is 17.0 Å². The summed E-state index contributed by atoms with van der Waals surface area (Å²) in [6.45, 7) is -0.748. The molecule has 1 fully saturated rings. The lowest BCUT2D eigenvalue weighted by Crippen LogP contribution is -2.55. The number of rotatable bonds is 11. The van der Waals surface area contributed by atoms with Crippen LogP contribution >= 0.6 is 23.2 Å². The van der Waals surface area contributed by atoms with Gasteiger partial charge in [-0.25, -0.2) is 12.8 Å². The molecule has 3 aromatic carbocycles. The van der Waals surface area contributed by atoms with Crippen LogP contribution in [-0.2, 0) is 32.6 Å². The number of carbonyl (C=O) groups is 2. The average Bonchev–Trinajstić information content (AvgIpc) is 2.96. The molecule has 0 bridgehead atoms. The van der Waals surface area contributed by atoms with Crippen LogP contribution in [0.25, 0.3) is 0 Å². The highest BCUT2D eigenvalue weighted by molar-refractivity contribution is 7.92. The predicted octanol–water partition coefficient (Wildman–Crippen LogP) is 5.99. The Morgan fingerprint density at radius 1 is 0.929 bits per heavy atom. The Kier molecular flexibility index (Phi) is 10.9. The first-order valence-electron chi connectivity index (χ1n) is 13.8. The minimum Gasteiger partial charge on any atom is -0.352 e. The van der Waals surface area contributed by atoms with Crippen molar-refractivity contribution in [3.8, 4) is 0 Å². The smallest absolute Gasteiger partial charge is 0.244 e. The highest BCUT2D eigenvalue weighted by atomic mass is 35.5. The Labute approximate surface area is 256 Å². The van der Waals surface area contributed by atoms with Gasteiger partial charge >= 0.3 is 0 Å². The van der Waals surface area contributed by atoms with Gasteiger partial charge in [0.15, 0.2) is 0 Å². The number of sulfonamides is 1. The molecule has 224 valence electrons. The summed E-state index contributed by atoms with van der Waals surface area (Å²) in [7, 11) is -3.97. The van der Waals surface area contributed by atoms with Gasteiger partial charge in [0.25, 0.3) is 0 Å². The van der Waals surface area contributed by atoms with Crippen LogP contribution in [0.15, 0.2) is 72.8 Å². The van der Waals surface area contributed by atoms with E-state index in [1.807, 2.05) is 30.3 Å². The van der Waals surface area contributed by atoms with Gasteiger partial charge in [0, 0.05) is 34.6 Å². The van der Waals surface area contributed by atoms with Crippen molar-refractivity contribution >= 4 is 50.7 Å². The van der Waals surface area contributed by atoms with Crippen LogP contribution in [0.4, 0.5) is 10.1 Å². The lowest BCUT2D eigenvalue weighted by atomic mass is 9.94. The number of hydrogen-bond acceptors (Lipinski definition) is 4. The molecule has 0 aromatic heterocycles. The lowest BCUT2D eigenvalue weighted by Gasteiger charge is -2.35. The molecule has 1 atom stereocenters. The van der Waals surface area contributed by atoms with Crippen LogP contribution in [0.2, 0.25) is 10.0 Å². The first-order chi connectivity index (χ1) is 20.0. The Hall–Kier alpha value is -3.14. The van der Waals surface area contributed by atoms with Crippen LogP contribution in [0.3, 0.4) is 0 Å². The first-order valence-corrected chi connectivity index (χ1v) is 16.4. The number of nitrogens with zero attached hydrogens (tertiary/aromatic N) is 2. The molecule has 7 nitrogen and oxygen atoms in total. The zero-order chi connectivity index (χ0) is 30.3. The van der Waals surface area contributed by atoms with Gasteiger partial charge in [0.05, 0.1) is 11.9 Å². The van der Waals surface area contributed by atoms with E-state index in [0.717, 1.165) is 60.4 Å². The summed E-state index contributed by atoms with van der Waals surface area (Å²) in [5.41, 5.74) is 1.38. The monoisotopic (exact) mass is 633 g/mol. The number of halogens is 3. The molecule has 1 aliphatic carbocycles. The minimum atomic E-state index is -3.97. The summed E-state index contributed by atoms with van der Waals surface area (Å²) >= 11 is 13.0. The summed E-state index contributed by atoms with van der Waals surface area (Å²) in [4.78, 5) is 29.5. The van der Waals surface area contributed by atoms with Crippen molar-refractivity contribution in [1.29, 1.82) is 0 Å². The molecule has 11 heteroatoms. The number of nitrogens with one attached hydrogen (secondary N) is 1. The highest BCUT2D eigenvalue weighted by Crippen LogP contribution is 2.28. The van der Waals surface area contributed by atoms with E-state index < -0.39 is 34.3 Å². The summed E-state index contributed by atoms with van der Waals surface area (Å²) < 4.78 is 40.2. The minimum absolute atomic E-state index is 0.0166. The maximum absolute atomic E-state index is 14.2. The molecule has 42 heavy (non-hydrogen) atoms. The number of hydrogen-bond donors (Lipinski definition) is 1. The van der Waals surface area contributed by atoms with Gasteiger partial charge in [-0.1, -0.05) is 78.9 Å². The maximum atomic E-state index is 14.2. The van der Waals surface area contributed by atoms with Crippen LogP contribution in [0.1, 0.15) is 43.2 Å². The third-order valence-corrected chi connectivity index (χ3v) is 9.26. The standard InChI is InChI=1S/C31H34Cl2FN3O4S/c1-42(40,41)37(25-17-15-23(34)16-18-25)21-30(38)36(20-26-27(32)13-8-14-28(26)33)29(19-22-9-4-2-5-10-22)31(39)35-24-11-6-3-7-12-24/h2,4-5,8-10,13-18,24,29H,3,6-7,11-12,19-21H2,1H3,(H,35,39). The zero-order valence-electron chi connectivity index (χ0n) is 23.3. The van der Waals surface area contributed by atoms with Crippen molar-refractivity contribution in [3.63, 3.8) is 0 Å². The number of anilines is 1. The Morgan fingerprint density at radius 2 is 1.55 bits per heavy atom. The number of carbonyl (C=O) groups excluding carboxylic acids is 2. The van der Waals surface area contributed by atoms with Crippen molar-refractivity contribution in [1.82, 2.24) is 10.2 Å². The number of amides is 2. The molecule has 0 aliphatic heterocycles. The Morgan fingerprint density at radius 3 is 2.14 bits per heavy atom. The van der Waals surface area contributed by atoms with Crippen LogP contribution in [0.5, 0.6) is 0 Å². The molecule has 0 spiro atoms. The van der Waals surface area contributed by atoms with Gasteiger partial charge in [-0.15, -0.1) is 0 Å². The van der Waals surface area contributed by atoms with E-state index >= 15 is 0 Å². The molecule has 4 rings (SSSR count). The molecule has 1 aliphatic rings. The van der Waals surface area contributed by atoms with Gasteiger partial charge < -0.3 is 10.2 Å². The largest absolute Gasteiger partial charge is 0.352 e. The van der Waals surface area contributed by atoms with Crippen molar-refractivity contribution < 1.29 is 22.4 Å². The second kappa shape index (κ2) is 14.4. The normalized spacial score (nSPS) is 14.7. The summed E-state index contributed by atoms with van der Waals surface area (Å²) in [6.07, 6.45) is 5.97. The van der Waals surface area contributed by atoms with Gasteiger partial charge in [-0.2, -0.15) is 0 Å². The van der Waals surface area contributed by atoms with Gasteiger partial charge in [-0.3, -0.25) is 13.9 Å². The molecule has 0 radical (unpaired) electrons. The van der Waals surface area contributed by atoms with E-state index in [2.05, 4.69) is 5.32 Å². The van der Waals surface area contributed by atoms with Crippen molar-refractivity contribution in [2.45, 2.75) is 57.2 Å². The second-order valence-electron chi connectivity index (χ2n) is 10.5. The fraction of sp³-hybridized carbons (Fsp3) is 0.355. The van der Waals surface area contributed by atoms with Crippen LogP contribution in [0, 0.1) is 5.82 Å². The molecule has 2 amide bonds. The Bertz CT molecular complexity index is 1460. The zero-order valence-corrected chi connectivity index (χ0v) is 25.6. The SMILES string of the molecule is CS(=O)(=O)N(CC(=O)N(Cc1c(Cl)cccc1Cl)C(Cc1ccccc1)C(=O)NC1CCCCC1)c1ccc(F)cc1. The Balaban J connectivity index is 1.75. The second-order valence-corrected chi connectivity index (χ2v) is 13.2. The molecular formula is C31H34Cl2FN3O4S. The van der Waals surface area contributed by atoms with E-state index in [9.17, 15) is 22.4 Å². The quantitative estimate of drug-likeness (QED) is 0.281. The summed E-state index contributed by atoms with van der Waals surface area (Å²) in [6, 6.07) is 18.1. The van der Waals surface area contributed by atoms with Gasteiger partial charge in [-0.05, 0) is 54.8 Å². The topological polar surface area (TPSA) is 86.8 Å². The molecular weight excluding hydrogens is 600 g/mol. The third-order valence-electron chi connectivity index (χ3n) is 7.41. The summed E-state index contributed by atoms with van der Waals surface area (Å²) in [5, 5.41) is 3.76. The van der Waals surface area contributed by atoms with E-state index in [4.69, 9.17) is 23.2 Å². The van der Waals surface area contributed by atoms with Crippen molar-refractivity contribution in [2.75, 3.05) is 17.1 Å². The first kappa shape index (κ1) is 31.8. The van der Waals surface area contributed by atoms with E-state index in [1.54, 1.807) is 18.2 Å². The fourth-order valence-electron chi connectivity index (χ4n) is 5.17. The van der Waals surface area contributed by atoms with Gasteiger partial charge in [0.1, 0.15) is 18.4 Å². The van der Waals surface area contributed by atoms with Gasteiger partial charge in [0.2, 0.25) is 21.8 Å². The molecule has 3 aromatic rings. The maximum Gasteiger partial charge on any atom is 0.244 e. The van der Waals surface area contributed by atoms with E-state index in [0.29, 0.717) is 15.6 Å².